The van der Waals surface area contributed by atoms with Crippen molar-refractivity contribution in [2.75, 3.05) is 26.0 Å². The topological polar surface area (TPSA) is 58.6 Å². The van der Waals surface area contributed by atoms with E-state index in [2.05, 4.69) is 5.32 Å². The van der Waals surface area contributed by atoms with Crippen LogP contribution in [0.4, 0.5) is 0 Å². The normalized spacial score (nSPS) is 13.8. The third kappa shape index (κ3) is 7.20. The predicted molar refractivity (Wildman–Crippen MR) is 78.1 cm³/mol. The van der Waals surface area contributed by atoms with E-state index in [1.807, 2.05) is 30.3 Å². The first kappa shape index (κ1) is 16.0. The van der Waals surface area contributed by atoms with E-state index in [9.17, 15) is 9.90 Å². The van der Waals surface area contributed by atoms with Gasteiger partial charge in [-0.2, -0.15) is 0 Å². The number of methoxy groups -OCH3 is 1. The van der Waals surface area contributed by atoms with Crippen molar-refractivity contribution in [3.05, 3.63) is 35.9 Å². The Labute approximate surface area is 118 Å². The van der Waals surface area contributed by atoms with Crippen molar-refractivity contribution in [1.82, 2.24) is 5.32 Å². The summed E-state index contributed by atoms with van der Waals surface area (Å²) in [5.41, 5.74) is 0.181. The molecule has 0 fully saturated rings. The second kappa shape index (κ2) is 8.19. The SMILES string of the molecule is COCC(C)(O)CNC(=O)CSCc1ccccc1. The van der Waals surface area contributed by atoms with Crippen molar-refractivity contribution in [2.24, 2.45) is 0 Å². The molecule has 1 aromatic rings. The minimum atomic E-state index is -1.02. The highest BCUT2D eigenvalue weighted by atomic mass is 32.2. The van der Waals surface area contributed by atoms with Crippen LogP contribution >= 0.6 is 11.8 Å². The van der Waals surface area contributed by atoms with Gasteiger partial charge in [-0.3, -0.25) is 4.79 Å². The molecule has 0 saturated heterocycles. The number of benzene rings is 1. The molecule has 1 rings (SSSR count). The highest BCUT2D eigenvalue weighted by molar-refractivity contribution is 7.99. The molecule has 5 heteroatoms. The summed E-state index contributed by atoms with van der Waals surface area (Å²) in [6, 6.07) is 10.0. The summed E-state index contributed by atoms with van der Waals surface area (Å²) in [6.07, 6.45) is 0. The predicted octanol–water partition coefficient (Wildman–Crippen LogP) is 1.43. The Hall–Kier alpha value is -1.04. The molecule has 1 atom stereocenters. The average Bonchev–Trinajstić information content (AvgIpc) is 2.38. The molecule has 0 aliphatic rings. The zero-order valence-corrected chi connectivity index (χ0v) is 12.2. The first-order valence-electron chi connectivity index (χ1n) is 6.13. The highest BCUT2D eigenvalue weighted by Crippen LogP contribution is 2.11. The summed E-state index contributed by atoms with van der Waals surface area (Å²) in [4.78, 5) is 11.6. The van der Waals surface area contributed by atoms with Gasteiger partial charge in [-0.1, -0.05) is 30.3 Å². The van der Waals surface area contributed by atoms with E-state index >= 15 is 0 Å². The Kier molecular flexibility index (Phi) is 6.91. The van der Waals surface area contributed by atoms with Crippen molar-refractivity contribution >= 4 is 17.7 Å². The van der Waals surface area contributed by atoms with E-state index in [0.29, 0.717) is 5.75 Å². The summed E-state index contributed by atoms with van der Waals surface area (Å²) in [6.45, 7) is 2.03. The Morgan fingerprint density at radius 2 is 2.11 bits per heavy atom. The molecule has 0 aliphatic heterocycles. The highest BCUT2D eigenvalue weighted by Gasteiger charge is 2.20. The second-order valence-corrected chi connectivity index (χ2v) is 5.67. The molecular weight excluding hydrogens is 262 g/mol. The average molecular weight is 283 g/mol. The Balaban J connectivity index is 2.18. The quantitative estimate of drug-likeness (QED) is 0.758. The van der Waals surface area contributed by atoms with Gasteiger partial charge in [-0.25, -0.2) is 0 Å². The lowest BCUT2D eigenvalue weighted by Crippen LogP contribution is -2.44. The smallest absolute Gasteiger partial charge is 0.230 e. The van der Waals surface area contributed by atoms with Crippen LogP contribution in [0.3, 0.4) is 0 Å². The number of rotatable bonds is 8. The number of ether oxygens (including phenoxy) is 1. The zero-order valence-electron chi connectivity index (χ0n) is 11.4. The molecule has 0 saturated carbocycles. The van der Waals surface area contributed by atoms with E-state index < -0.39 is 5.60 Å². The van der Waals surface area contributed by atoms with Crippen LogP contribution in [0.1, 0.15) is 12.5 Å². The maximum atomic E-state index is 11.6. The van der Waals surface area contributed by atoms with E-state index in [0.717, 1.165) is 5.75 Å². The number of hydrogen-bond donors (Lipinski definition) is 2. The third-order valence-electron chi connectivity index (χ3n) is 2.47. The maximum absolute atomic E-state index is 11.6. The van der Waals surface area contributed by atoms with Gasteiger partial charge in [0.05, 0.1) is 12.4 Å². The first-order chi connectivity index (χ1) is 9.03. The van der Waals surface area contributed by atoms with Crippen LogP contribution in [0.15, 0.2) is 30.3 Å². The van der Waals surface area contributed by atoms with Gasteiger partial charge >= 0.3 is 0 Å². The summed E-state index contributed by atoms with van der Waals surface area (Å²) in [7, 11) is 1.52. The van der Waals surface area contributed by atoms with Gasteiger partial charge < -0.3 is 15.2 Å². The second-order valence-electron chi connectivity index (χ2n) is 4.69. The molecule has 1 aromatic carbocycles. The zero-order chi connectivity index (χ0) is 14.1. The number of carbonyl (C=O) groups excluding carboxylic acids is 1. The van der Waals surface area contributed by atoms with E-state index in [4.69, 9.17) is 4.74 Å². The van der Waals surface area contributed by atoms with Crippen molar-refractivity contribution < 1.29 is 14.6 Å². The molecule has 0 heterocycles. The molecule has 106 valence electrons. The van der Waals surface area contributed by atoms with Gasteiger partial charge in [0.2, 0.25) is 5.91 Å². The Bertz CT molecular complexity index is 382. The Morgan fingerprint density at radius 1 is 1.42 bits per heavy atom. The summed E-state index contributed by atoms with van der Waals surface area (Å²) in [5.74, 6) is 1.12. The number of carbonyl (C=O) groups is 1. The van der Waals surface area contributed by atoms with Gasteiger partial charge in [0.15, 0.2) is 0 Å². The van der Waals surface area contributed by atoms with Gasteiger partial charge in [-0.05, 0) is 12.5 Å². The molecule has 2 N–H and O–H groups in total. The monoisotopic (exact) mass is 283 g/mol. The third-order valence-corrected chi connectivity index (χ3v) is 3.47. The van der Waals surface area contributed by atoms with Crippen LogP contribution < -0.4 is 5.32 Å². The molecule has 4 nitrogen and oxygen atoms in total. The number of aliphatic hydroxyl groups is 1. The van der Waals surface area contributed by atoms with Crippen LogP contribution in [0.25, 0.3) is 0 Å². The number of thioether (sulfide) groups is 1. The largest absolute Gasteiger partial charge is 0.386 e. The fourth-order valence-electron chi connectivity index (χ4n) is 1.54. The maximum Gasteiger partial charge on any atom is 0.230 e. The van der Waals surface area contributed by atoms with Gasteiger partial charge in [-0.15, -0.1) is 11.8 Å². The lowest BCUT2D eigenvalue weighted by atomic mass is 10.1. The van der Waals surface area contributed by atoms with Gasteiger partial charge in [0.1, 0.15) is 5.60 Å². The van der Waals surface area contributed by atoms with Crippen LogP contribution in [0, 0.1) is 0 Å². The number of amides is 1. The summed E-state index contributed by atoms with van der Waals surface area (Å²) in [5, 5.41) is 12.5. The standard InChI is InChI=1S/C14H21NO3S/c1-14(17,11-18-2)10-15-13(16)9-19-8-12-6-4-3-5-7-12/h3-7,17H,8-11H2,1-2H3,(H,15,16). The summed E-state index contributed by atoms with van der Waals surface area (Å²) >= 11 is 1.55. The molecule has 0 aromatic heterocycles. The van der Waals surface area contributed by atoms with Crippen LogP contribution in [0.2, 0.25) is 0 Å². The lowest BCUT2D eigenvalue weighted by Gasteiger charge is -2.22. The minimum absolute atomic E-state index is 0.0719. The summed E-state index contributed by atoms with van der Waals surface area (Å²) < 4.78 is 4.87. The molecule has 0 aliphatic carbocycles. The van der Waals surface area contributed by atoms with Crippen molar-refractivity contribution in [3.8, 4) is 0 Å². The van der Waals surface area contributed by atoms with Gasteiger partial charge in [0.25, 0.3) is 0 Å². The fourth-order valence-corrected chi connectivity index (χ4v) is 2.36. The molecular formula is C14H21NO3S. The van der Waals surface area contributed by atoms with Crippen LogP contribution in [0.5, 0.6) is 0 Å². The van der Waals surface area contributed by atoms with Crippen molar-refractivity contribution in [3.63, 3.8) is 0 Å². The molecule has 1 unspecified atom stereocenters. The first-order valence-corrected chi connectivity index (χ1v) is 7.29. The molecule has 19 heavy (non-hydrogen) atoms. The minimum Gasteiger partial charge on any atom is -0.386 e. The molecule has 0 radical (unpaired) electrons. The molecule has 0 bridgehead atoms. The van der Waals surface area contributed by atoms with E-state index in [1.54, 1.807) is 18.7 Å². The number of hydrogen-bond acceptors (Lipinski definition) is 4. The van der Waals surface area contributed by atoms with Crippen LogP contribution in [-0.4, -0.2) is 42.6 Å². The van der Waals surface area contributed by atoms with Gasteiger partial charge in [0, 0.05) is 19.4 Å². The van der Waals surface area contributed by atoms with Crippen molar-refractivity contribution in [2.45, 2.75) is 18.3 Å². The van der Waals surface area contributed by atoms with E-state index in [1.165, 1.54) is 12.7 Å². The van der Waals surface area contributed by atoms with E-state index in [-0.39, 0.29) is 19.1 Å². The fraction of sp³-hybridized carbons (Fsp3) is 0.500. The number of nitrogens with one attached hydrogen (secondary N) is 1. The molecule has 0 spiro atoms. The van der Waals surface area contributed by atoms with Crippen LogP contribution in [-0.2, 0) is 15.3 Å². The Morgan fingerprint density at radius 3 is 2.74 bits per heavy atom. The molecule has 1 amide bonds. The van der Waals surface area contributed by atoms with Crippen molar-refractivity contribution in [1.29, 1.82) is 0 Å². The lowest BCUT2D eigenvalue weighted by molar-refractivity contribution is -0.120.